The average Bonchev–Trinajstić information content (AvgIpc) is 2.70. The minimum Gasteiger partial charge on any atom is -0.493 e. The minimum absolute atomic E-state index is 0.350. The molecule has 0 amide bonds. The molecule has 1 N–H and O–H groups in total. The molecule has 4 nitrogen and oxygen atoms in total. The lowest BCUT2D eigenvalue weighted by atomic mass is 9.83. The SMILES string of the molecule is COc1cc(/C=C2/[C@H](O)C3CCN2CC3)ccc1OCc1ccccc1. The lowest BCUT2D eigenvalue weighted by Gasteiger charge is -2.45. The second-order valence-corrected chi connectivity index (χ2v) is 7.02. The molecule has 2 aromatic carbocycles. The van der Waals surface area contributed by atoms with E-state index in [0.29, 0.717) is 18.3 Å². The molecular formula is C22H25NO3. The van der Waals surface area contributed by atoms with Crippen LogP contribution in [0.4, 0.5) is 0 Å². The number of ether oxygens (including phenoxy) is 2. The van der Waals surface area contributed by atoms with E-state index in [1.54, 1.807) is 7.11 Å². The lowest BCUT2D eigenvalue weighted by Crippen LogP contribution is -2.48. The summed E-state index contributed by atoms with van der Waals surface area (Å²) in [4.78, 5) is 2.30. The van der Waals surface area contributed by atoms with Crippen molar-refractivity contribution in [3.05, 3.63) is 65.4 Å². The number of rotatable bonds is 5. The molecule has 26 heavy (non-hydrogen) atoms. The Morgan fingerprint density at radius 2 is 1.85 bits per heavy atom. The maximum Gasteiger partial charge on any atom is 0.161 e. The number of piperidine rings is 3. The van der Waals surface area contributed by atoms with Gasteiger partial charge in [0.2, 0.25) is 0 Å². The van der Waals surface area contributed by atoms with Crippen LogP contribution in [0.5, 0.6) is 11.5 Å². The van der Waals surface area contributed by atoms with Gasteiger partial charge in [0.05, 0.1) is 13.2 Å². The van der Waals surface area contributed by atoms with Crippen LogP contribution in [0.3, 0.4) is 0 Å². The molecule has 0 unspecified atom stereocenters. The highest BCUT2D eigenvalue weighted by Gasteiger charge is 2.36. The topological polar surface area (TPSA) is 41.9 Å². The molecule has 0 spiro atoms. The van der Waals surface area contributed by atoms with Gasteiger partial charge in [0.15, 0.2) is 11.5 Å². The van der Waals surface area contributed by atoms with Crippen molar-refractivity contribution in [1.82, 2.24) is 4.90 Å². The highest BCUT2D eigenvalue weighted by atomic mass is 16.5. The van der Waals surface area contributed by atoms with Gasteiger partial charge in [-0.15, -0.1) is 0 Å². The van der Waals surface area contributed by atoms with Crippen LogP contribution in [0.15, 0.2) is 54.2 Å². The zero-order chi connectivity index (χ0) is 17.9. The zero-order valence-electron chi connectivity index (χ0n) is 15.1. The first-order valence-corrected chi connectivity index (χ1v) is 9.24. The van der Waals surface area contributed by atoms with Gasteiger partial charge in [-0.3, -0.25) is 0 Å². The molecule has 136 valence electrons. The standard InChI is InChI=1S/C22H25NO3/c1-25-21-14-17(13-19-22(24)18-9-11-23(19)12-10-18)7-8-20(21)26-15-16-5-3-2-4-6-16/h2-8,13-14,18,22,24H,9-12,15H2,1H3/b19-13-/t22-/m1/s1. The van der Waals surface area contributed by atoms with Gasteiger partial charge in [-0.25, -0.2) is 0 Å². The van der Waals surface area contributed by atoms with Gasteiger partial charge >= 0.3 is 0 Å². The molecule has 3 heterocycles. The molecule has 3 aliphatic heterocycles. The average molecular weight is 351 g/mol. The predicted molar refractivity (Wildman–Crippen MR) is 102 cm³/mol. The van der Waals surface area contributed by atoms with Crippen LogP contribution in [0.25, 0.3) is 6.08 Å². The van der Waals surface area contributed by atoms with Crippen LogP contribution >= 0.6 is 0 Å². The van der Waals surface area contributed by atoms with Gasteiger partial charge < -0.3 is 19.5 Å². The molecule has 3 fully saturated rings. The van der Waals surface area contributed by atoms with Crippen molar-refractivity contribution in [1.29, 1.82) is 0 Å². The third-order valence-corrected chi connectivity index (χ3v) is 5.39. The van der Waals surface area contributed by atoms with Crippen molar-refractivity contribution >= 4 is 6.08 Å². The summed E-state index contributed by atoms with van der Waals surface area (Å²) in [5.74, 6) is 1.84. The number of methoxy groups -OCH3 is 1. The summed E-state index contributed by atoms with van der Waals surface area (Å²) >= 11 is 0. The summed E-state index contributed by atoms with van der Waals surface area (Å²) in [6.45, 7) is 2.59. The van der Waals surface area contributed by atoms with E-state index in [1.807, 2.05) is 48.5 Å². The predicted octanol–water partition coefficient (Wildman–Crippen LogP) is 3.70. The van der Waals surface area contributed by atoms with Gasteiger partial charge in [-0.1, -0.05) is 36.4 Å². The Balaban J connectivity index is 1.53. The molecule has 2 aromatic rings. The smallest absolute Gasteiger partial charge is 0.161 e. The van der Waals surface area contributed by atoms with Crippen LogP contribution < -0.4 is 9.47 Å². The first-order valence-electron chi connectivity index (χ1n) is 9.24. The van der Waals surface area contributed by atoms with Crippen molar-refractivity contribution in [3.63, 3.8) is 0 Å². The van der Waals surface area contributed by atoms with Gasteiger partial charge in [-0.05, 0) is 48.1 Å². The zero-order valence-corrected chi connectivity index (χ0v) is 15.1. The summed E-state index contributed by atoms with van der Waals surface area (Å²) in [7, 11) is 1.66. The number of hydrogen-bond acceptors (Lipinski definition) is 4. The molecule has 3 saturated heterocycles. The summed E-state index contributed by atoms with van der Waals surface area (Å²) in [6, 6.07) is 16.0. The van der Waals surface area contributed by atoms with Gasteiger partial charge in [0.25, 0.3) is 0 Å². The third-order valence-electron chi connectivity index (χ3n) is 5.39. The van der Waals surface area contributed by atoms with Gasteiger partial charge in [0, 0.05) is 18.8 Å². The third kappa shape index (κ3) is 3.42. The second-order valence-electron chi connectivity index (χ2n) is 7.02. The monoisotopic (exact) mass is 351 g/mol. The molecule has 3 aliphatic rings. The van der Waals surface area contributed by atoms with E-state index in [1.165, 1.54) is 0 Å². The van der Waals surface area contributed by atoms with E-state index in [4.69, 9.17) is 9.47 Å². The quantitative estimate of drug-likeness (QED) is 0.892. The Labute approximate surface area is 154 Å². The maximum atomic E-state index is 10.5. The van der Waals surface area contributed by atoms with Crippen molar-refractivity contribution in [2.75, 3.05) is 20.2 Å². The van der Waals surface area contributed by atoms with E-state index in [2.05, 4.69) is 11.0 Å². The minimum atomic E-state index is -0.350. The molecule has 0 saturated carbocycles. The molecular weight excluding hydrogens is 326 g/mol. The van der Waals surface area contributed by atoms with E-state index in [-0.39, 0.29) is 6.10 Å². The number of aliphatic hydroxyl groups is 1. The summed E-state index contributed by atoms with van der Waals surface area (Å²) in [6.07, 6.45) is 3.92. The maximum absolute atomic E-state index is 10.5. The van der Waals surface area contributed by atoms with Crippen molar-refractivity contribution < 1.29 is 14.6 Å². The van der Waals surface area contributed by atoms with Crippen LogP contribution in [-0.4, -0.2) is 36.3 Å². The molecule has 1 atom stereocenters. The highest BCUT2D eigenvalue weighted by molar-refractivity contribution is 5.59. The number of nitrogens with zero attached hydrogens (tertiary/aromatic N) is 1. The second kappa shape index (κ2) is 7.42. The first-order chi connectivity index (χ1) is 12.7. The number of aliphatic hydroxyl groups excluding tert-OH is 1. The largest absolute Gasteiger partial charge is 0.493 e. The molecule has 4 heteroatoms. The number of hydrogen-bond donors (Lipinski definition) is 1. The Morgan fingerprint density at radius 3 is 2.54 bits per heavy atom. The molecule has 0 radical (unpaired) electrons. The van der Waals surface area contributed by atoms with Gasteiger partial charge in [-0.2, -0.15) is 0 Å². The number of benzene rings is 2. The summed E-state index contributed by atoms with van der Waals surface area (Å²) in [5.41, 5.74) is 3.18. The van der Waals surface area contributed by atoms with E-state index >= 15 is 0 Å². The van der Waals surface area contributed by atoms with Crippen LogP contribution in [0, 0.1) is 5.92 Å². The highest BCUT2D eigenvalue weighted by Crippen LogP contribution is 2.36. The Hall–Kier alpha value is -2.46. The van der Waals surface area contributed by atoms with Crippen molar-refractivity contribution in [3.8, 4) is 11.5 Å². The Bertz CT molecular complexity index is 775. The fraction of sp³-hybridized carbons (Fsp3) is 0.364. The fourth-order valence-electron chi connectivity index (χ4n) is 3.88. The summed E-state index contributed by atoms with van der Waals surface area (Å²) in [5, 5.41) is 10.5. The first kappa shape index (κ1) is 17.0. The summed E-state index contributed by atoms with van der Waals surface area (Å²) < 4.78 is 11.4. The van der Waals surface area contributed by atoms with E-state index < -0.39 is 0 Å². The van der Waals surface area contributed by atoms with Crippen LogP contribution in [-0.2, 0) is 6.61 Å². The molecule has 2 bridgehead atoms. The Kier molecular flexibility index (Phi) is 4.85. The molecule has 0 aliphatic carbocycles. The molecule has 0 aromatic heterocycles. The fourth-order valence-corrected chi connectivity index (χ4v) is 3.88. The van der Waals surface area contributed by atoms with E-state index in [9.17, 15) is 5.11 Å². The van der Waals surface area contributed by atoms with Crippen LogP contribution in [0.1, 0.15) is 24.0 Å². The van der Waals surface area contributed by atoms with Gasteiger partial charge in [0.1, 0.15) is 6.61 Å². The number of fused-ring (bicyclic) bond motifs is 3. The van der Waals surface area contributed by atoms with Crippen LogP contribution in [0.2, 0.25) is 0 Å². The lowest BCUT2D eigenvalue weighted by molar-refractivity contribution is 0.0215. The Morgan fingerprint density at radius 1 is 1.08 bits per heavy atom. The van der Waals surface area contributed by atoms with Crippen molar-refractivity contribution in [2.24, 2.45) is 5.92 Å². The van der Waals surface area contributed by atoms with E-state index in [0.717, 1.165) is 48.5 Å². The normalized spacial score (nSPS) is 23.3. The van der Waals surface area contributed by atoms with Crippen molar-refractivity contribution in [2.45, 2.75) is 25.6 Å². The molecule has 5 rings (SSSR count).